The van der Waals surface area contributed by atoms with E-state index in [1.165, 1.54) is 302 Å². The highest BCUT2D eigenvalue weighted by atomic mass is 16.5. The van der Waals surface area contributed by atoms with Crippen LogP contribution in [0.5, 0.6) is 0 Å². The molecule has 6 heteroatoms. The molecule has 1 amide bonds. The van der Waals surface area contributed by atoms with Gasteiger partial charge in [-0.15, -0.1) is 0 Å². The van der Waals surface area contributed by atoms with Crippen molar-refractivity contribution in [3.05, 3.63) is 36.5 Å². The van der Waals surface area contributed by atoms with Crippen molar-refractivity contribution in [3.8, 4) is 0 Å². The SMILES string of the molecule is CCCCCCCC/C=C\CCCCCCCCCC(=O)OCCCCCCCCCCCCCC/C=C\CCCCCCCCCCCCCCCC(=O)NC(CO)C(O)/C=C/CCCCCCCCCCCCC. The first kappa shape index (κ1) is 74.1. The standard InChI is InChI=1S/C70H133NO5/c1-3-5-7-9-11-13-15-17-18-32-36-40-44-48-52-56-60-64-70(75)76-65-61-57-53-49-45-41-37-34-31-29-27-25-23-21-19-20-22-24-26-28-30-33-35-39-43-47-51-55-59-63-69(74)71-67(66-72)68(73)62-58-54-50-46-42-38-16-14-12-10-8-6-4-2/h17-19,21,58,62,67-68,72-73H,3-16,20,22-57,59-61,63-66H2,1-2H3,(H,71,74)/b18-17-,21-19-,62-58+. The molecule has 0 aliphatic carbocycles. The Morgan fingerprint density at radius 1 is 0.355 bits per heavy atom. The van der Waals surface area contributed by atoms with Gasteiger partial charge in [-0.3, -0.25) is 9.59 Å². The summed E-state index contributed by atoms with van der Waals surface area (Å²) in [7, 11) is 0. The summed E-state index contributed by atoms with van der Waals surface area (Å²) in [4.78, 5) is 24.5. The molecule has 448 valence electrons. The molecule has 0 aliphatic rings. The number of carbonyl (C=O) groups excluding carboxylic acids is 2. The van der Waals surface area contributed by atoms with Crippen LogP contribution in [0.25, 0.3) is 0 Å². The zero-order chi connectivity index (χ0) is 55.0. The Kier molecular flexibility index (Phi) is 63.9. The third-order valence-electron chi connectivity index (χ3n) is 15.9. The first-order valence-corrected chi connectivity index (χ1v) is 34.3. The largest absolute Gasteiger partial charge is 0.466 e. The summed E-state index contributed by atoms with van der Waals surface area (Å²) in [6.45, 7) is 4.92. The van der Waals surface area contributed by atoms with Crippen molar-refractivity contribution in [1.82, 2.24) is 5.32 Å². The minimum Gasteiger partial charge on any atom is -0.466 e. The van der Waals surface area contributed by atoms with Crippen LogP contribution in [0, 0.1) is 0 Å². The van der Waals surface area contributed by atoms with E-state index in [0.717, 1.165) is 44.9 Å². The molecule has 0 rings (SSSR count). The van der Waals surface area contributed by atoms with E-state index in [1.54, 1.807) is 6.08 Å². The van der Waals surface area contributed by atoms with Crippen molar-refractivity contribution in [1.29, 1.82) is 0 Å². The van der Waals surface area contributed by atoms with Crippen molar-refractivity contribution in [2.75, 3.05) is 13.2 Å². The summed E-state index contributed by atoms with van der Waals surface area (Å²) in [6, 6.07) is -0.627. The van der Waals surface area contributed by atoms with Gasteiger partial charge in [-0.2, -0.15) is 0 Å². The third kappa shape index (κ3) is 61.3. The van der Waals surface area contributed by atoms with Crippen LogP contribution in [-0.4, -0.2) is 47.4 Å². The molecular weight excluding hydrogens is 935 g/mol. The van der Waals surface area contributed by atoms with Gasteiger partial charge in [0.25, 0.3) is 0 Å². The molecule has 0 saturated heterocycles. The second-order valence-electron chi connectivity index (χ2n) is 23.5. The first-order chi connectivity index (χ1) is 37.5. The maximum Gasteiger partial charge on any atom is 0.305 e. The molecule has 76 heavy (non-hydrogen) atoms. The molecule has 0 saturated carbocycles. The number of amides is 1. The van der Waals surface area contributed by atoms with E-state index in [2.05, 4.69) is 43.5 Å². The van der Waals surface area contributed by atoms with Crippen LogP contribution in [0.1, 0.15) is 373 Å². The molecule has 3 N–H and O–H groups in total. The number of rotatable bonds is 64. The molecule has 0 radical (unpaired) electrons. The number of unbranched alkanes of at least 4 members (excludes halogenated alkanes) is 49. The predicted molar refractivity (Wildman–Crippen MR) is 333 cm³/mol. The quantitative estimate of drug-likeness (QED) is 0.0320. The van der Waals surface area contributed by atoms with E-state index in [9.17, 15) is 19.8 Å². The highest BCUT2D eigenvalue weighted by Gasteiger charge is 2.18. The fourth-order valence-corrected chi connectivity index (χ4v) is 10.6. The lowest BCUT2D eigenvalue weighted by molar-refractivity contribution is -0.143. The van der Waals surface area contributed by atoms with Crippen LogP contribution < -0.4 is 5.32 Å². The van der Waals surface area contributed by atoms with E-state index in [4.69, 9.17) is 4.74 Å². The summed E-state index contributed by atoms with van der Waals surface area (Å²) in [6.07, 6.45) is 83.6. The van der Waals surface area contributed by atoms with E-state index < -0.39 is 12.1 Å². The van der Waals surface area contributed by atoms with Gasteiger partial charge in [-0.1, -0.05) is 314 Å². The number of aliphatic hydroxyl groups is 2. The third-order valence-corrected chi connectivity index (χ3v) is 15.9. The summed E-state index contributed by atoms with van der Waals surface area (Å²) in [5, 5.41) is 23.1. The minimum absolute atomic E-state index is 0.0131. The lowest BCUT2D eigenvalue weighted by atomic mass is 10.0. The molecule has 2 unspecified atom stereocenters. The number of esters is 1. The molecule has 0 spiro atoms. The molecule has 0 fully saturated rings. The monoisotopic (exact) mass is 1070 g/mol. The number of carbonyl (C=O) groups is 2. The fraction of sp³-hybridized carbons (Fsp3) is 0.886. The average molecular weight is 1070 g/mol. The molecule has 6 nitrogen and oxygen atoms in total. The number of allylic oxidation sites excluding steroid dienone is 5. The number of ether oxygens (including phenoxy) is 1. The van der Waals surface area contributed by atoms with Gasteiger partial charge in [0.1, 0.15) is 0 Å². The zero-order valence-electron chi connectivity index (χ0n) is 51.3. The zero-order valence-corrected chi connectivity index (χ0v) is 51.3. The van der Waals surface area contributed by atoms with Crippen LogP contribution in [0.15, 0.2) is 36.5 Å². The molecule has 0 bridgehead atoms. The fourth-order valence-electron chi connectivity index (χ4n) is 10.6. The van der Waals surface area contributed by atoms with Crippen molar-refractivity contribution < 1.29 is 24.5 Å². The van der Waals surface area contributed by atoms with Gasteiger partial charge >= 0.3 is 5.97 Å². The van der Waals surface area contributed by atoms with E-state index in [0.29, 0.717) is 19.4 Å². The van der Waals surface area contributed by atoms with Crippen molar-refractivity contribution in [2.24, 2.45) is 0 Å². The lowest BCUT2D eigenvalue weighted by Gasteiger charge is -2.20. The molecule has 0 heterocycles. The van der Waals surface area contributed by atoms with Gasteiger partial charge in [0.15, 0.2) is 0 Å². The lowest BCUT2D eigenvalue weighted by Crippen LogP contribution is -2.45. The van der Waals surface area contributed by atoms with E-state index in [1.807, 2.05) is 6.08 Å². The van der Waals surface area contributed by atoms with Crippen LogP contribution in [-0.2, 0) is 14.3 Å². The molecule has 0 aromatic rings. The summed E-state index contributed by atoms with van der Waals surface area (Å²) < 4.78 is 5.50. The van der Waals surface area contributed by atoms with Crippen molar-refractivity contribution in [3.63, 3.8) is 0 Å². The smallest absolute Gasteiger partial charge is 0.305 e. The minimum atomic E-state index is -0.843. The average Bonchev–Trinajstić information content (AvgIpc) is 3.42. The van der Waals surface area contributed by atoms with Crippen LogP contribution in [0.4, 0.5) is 0 Å². The number of hydrogen-bond acceptors (Lipinski definition) is 5. The number of aliphatic hydroxyl groups excluding tert-OH is 2. The second kappa shape index (κ2) is 65.6. The highest BCUT2D eigenvalue weighted by Crippen LogP contribution is 2.18. The van der Waals surface area contributed by atoms with Gasteiger partial charge in [-0.05, 0) is 83.5 Å². The normalized spacial score (nSPS) is 12.7. The van der Waals surface area contributed by atoms with E-state index >= 15 is 0 Å². The Bertz CT molecular complexity index is 1230. The molecule has 0 aromatic heterocycles. The second-order valence-corrected chi connectivity index (χ2v) is 23.5. The van der Waals surface area contributed by atoms with Crippen LogP contribution in [0.3, 0.4) is 0 Å². The maximum atomic E-state index is 12.5. The topological polar surface area (TPSA) is 95.9 Å². The first-order valence-electron chi connectivity index (χ1n) is 34.3. The van der Waals surface area contributed by atoms with Crippen LogP contribution in [0.2, 0.25) is 0 Å². The molecule has 0 aliphatic heterocycles. The summed E-state index contributed by atoms with van der Waals surface area (Å²) in [5.41, 5.74) is 0. The van der Waals surface area contributed by atoms with Gasteiger partial charge in [0.2, 0.25) is 5.91 Å². The Balaban J connectivity index is 3.37. The Labute approximate surface area is 474 Å². The Morgan fingerprint density at radius 3 is 0.934 bits per heavy atom. The molecule has 2 atom stereocenters. The van der Waals surface area contributed by atoms with Gasteiger partial charge in [-0.25, -0.2) is 0 Å². The number of hydrogen-bond donors (Lipinski definition) is 3. The van der Waals surface area contributed by atoms with Crippen LogP contribution >= 0.6 is 0 Å². The Hall–Kier alpha value is -1.92. The summed E-state index contributed by atoms with van der Waals surface area (Å²) >= 11 is 0. The van der Waals surface area contributed by atoms with Crippen molar-refractivity contribution >= 4 is 11.9 Å². The van der Waals surface area contributed by atoms with Gasteiger partial charge in [0, 0.05) is 12.8 Å². The van der Waals surface area contributed by atoms with Crippen molar-refractivity contribution in [2.45, 2.75) is 386 Å². The Morgan fingerprint density at radius 2 is 0.618 bits per heavy atom. The summed E-state index contributed by atoms with van der Waals surface area (Å²) in [5.74, 6) is -0.0532. The molecule has 0 aromatic carbocycles. The highest BCUT2D eigenvalue weighted by molar-refractivity contribution is 5.76. The van der Waals surface area contributed by atoms with Gasteiger partial charge in [0.05, 0.1) is 25.4 Å². The number of nitrogens with one attached hydrogen (secondary N) is 1. The van der Waals surface area contributed by atoms with E-state index in [-0.39, 0.29) is 18.5 Å². The predicted octanol–water partition coefficient (Wildman–Crippen LogP) is 21.9. The van der Waals surface area contributed by atoms with Gasteiger partial charge < -0.3 is 20.3 Å². The maximum absolute atomic E-state index is 12.5. The molecular formula is C70H133NO5.